The number of aromatic nitrogens is 6. The van der Waals surface area contributed by atoms with Crippen molar-refractivity contribution in [2.45, 2.75) is 31.5 Å². The maximum atomic E-state index is 4.37. The third-order valence-electron chi connectivity index (χ3n) is 2.69. The minimum absolute atomic E-state index is 0.285. The minimum atomic E-state index is 0.285. The second kappa shape index (κ2) is 6.51. The summed E-state index contributed by atoms with van der Waals surface area (Å²) in [5.74, 6) is 1.44. The van der Waals surface area contributed by atoms with Crippen LogP contribution >= 0.6 is 11.8 Å². The van der Waals surface area contributed by atoms with Gasteiger partial charge in [0.25, 0.3) is 5.95 Å². The Balaban J connectivity index is 2.34. The topological polar surface area (TPSA) is 93.4 Å². The predicted molar refractivity (Wildman–Crippen MR) is 79.4 cm³/mol. The highest BCUT2D eigenvalue weighted by Crippen LogP contribution is 2.12. The Morgan fingerprint density at radius 3 is 2.65 bits per heavy atom. The van der Waals surface area contributed by atoms with Gasteiger partial charge in [0.1, 0.15) is 6.33 Å². The predicted octanol–water partition coefficient (Wildman–Crippen LogP) is 1.43. The first-order valence-electron chi connectivity index (χ1n) is 6.32. The zero-order valence-corrected chi connectivity index (χ0v) is 12.8. The summed E-state index contributed by atoms with van der Waals surface area (Å²) in [6, 6.07) is 0.285. The van der Waals surface area contributed by atoms with Crippen LogP contribution in [0.4, 0.5) is 11.9 Å². The van der Waals surface area contributed by atoms with Crippen LogP contribution in [0.15, 0.2) is 11.5 Å². The standard InChI is InChI=1S/C11H18N8S/c1-5-7(2)14-9-15-8(12-3)16-10(17-9)19-6-13-11(18-19)20-4/h6-7H,5H2,1-4H3,(H2,12,14,15,16,17). The Morgan fingerprint density at radius 2 is 2.05 bits per heavy atom. The second-order valence-electron chi connectivity index (χ2n) is 4.16. The highest BCUT2D eigenvalue weighted by molar-refractivity contribution is 7.98. The van der Waals surface area contributed by atoms with E-state index in [-0.39, 0.29) is 6.04 Å². The molecule has 0 spiro atoms. The van der Waals surface area contributed by atoms with E-state index in [1.54, 1.807) is 13.4 Å². The van der Waals surface area contributed by atoms with Gasteiger partial charge in [0.15, 0.2) is 0 Å². The molecule has 2 aromatic heterocycles. The Kier molecular flexibility index (Phi) is 4.72. The summed E-state index contributed by atoms with van der Waals surface area (Å²) in [7, 11) is 1.76. The van der Waals surface area contributed by atoms with E-state index < -0.39 is 0 Å². The fourth-order valence-corrected chi connectivity index (χ4v) is 1.73. The minimum Gasteiger partial charge on any atom is -0.357 e. The Hall–Kier alpha value is -1.90. The molecule has 0 aliphatic heterocycles. The molecule has 0 saturated carbocycles. The molecule has 0 radical (unpaired) electrons. The molecule has 2 rings (SSSR count). The lowest BCUT2D eigenvalue weighted by Crippen LogP contribution is -2.18. The summed E-state index contributed by atoms with van der Waals surface area (Å²) in [6.45, 7) is 4.17. The molecule has 0 fully saturated rings. The molecule has 2 N–H and O–H groups in total. The monoisotopic (exact) mass is 294 g/mol. The van der Waals surface area contributed by atoms with E-state index in [0.717, 1.165) is 6.42 Å². The molecule has 1 atom stereocenters. The molecule has 0 saturated heterocycles. The fraction of sp³-hybridized carbons (Fsp3) is 0.545. The number of hydrogen-bond acceptors (Lipinski definition) is 8. The Bertz CT molecular complexity index is 569. The number of thioether (sulfide) groups is 1. The number of nitrogens with zero attached hydrogens (tertiary/aromatic N) is 6. The largest absolute Gasteiger partial charge is 0.357 e. The van der Waals surface area contributed by atoms with Crippen LogP contribution in [0.3, 0.4) is 0 Å². The van der Waals surface area contributed by atoms with Gasteiger partial charge < -0.3 is 10.6 Å². The van der Waals surface area contributed by atoms with Gasteiger partial charge in [-0.05, 0) is 19.6 Å². The molecule has 2 aromatic rings. The molecule has 9 heteroatoms. The van der Waals surface area contributed by atoms with Crippen LogP contribution in [0.5, 0.6) is 0 Å². The van der Waals surface area contributed by atoms with Crippen LogP contribution in [0.1, 0.15) is 20.3 Å². The number of anilines is 2. The number of nitrogens with one attached hydrogen (secondary N) is 2. The molecule has 0 aliphatic rings. The summed E-state index contributed by atoms with van der Waals surface area (Å²) in [5.41, 5.74) is 0. The van der Waals surface area contributed by atoms with Gasteiger partial charge in [0.2, 0.25) is 17.1 Å². The van der Waals surface area contributed by atoms with E-state index in [2.05, 4.69) is 49.5 Å². The summed E-state index contributed by atoms with van der Waals surface area (Å²) < 4.78 is 1.54. The molecule has 0 aliphatic carbocycles. The zero-order valence-electron chi connectivity index (χ0n) is 12.0. The number of hydrogen-bond donors (Lipinski definition) is 2. The molecule has 0 bridgehead atoms. The summed E-state index contributed by atoms with van der Waals surface area (Å²) >= 11 is 1.47. The molecular weight excluding hydrogens is 276 g/mol. The lowest BCUT2D eigenvalue weighted by atomic mass is 10.3. The average molecular weight is 294 g/mol. The normalized spacial score (nSPS) is 12.2. The van der Waals surface area contributed by atoms with Gasteiger partial charge in [0, 0.05) is 13.1 Å². The van der Waals surface area contributed by atoms with Crippen molar-refractivity contribution in [3.05, 3.63) is 6.33 Å². The van der Waals surface area contributed by atoms with Crippen molar-refractivity contribution in [2.75, 3.05) is 23.9 Å². The van der Waals surface area contributed by atoms with Gasteiger partial charge in [-0.15, -0.1) is 5.10 Å². The quantitative estimate of drug-likeness (QED) is 0.773. The third-order valence-corrected chi connectivity index (χ3v) is 3.25. The van der Waals surface area contributed by atoms with Gasteiger partial charge in [-0.1, -0.05) is 18.7 Å². The zero-order chi connectivity index (χ0) is 14.5. The van der Waals surface area contributed by atoms with Crippen LogP contribution in [0.25, 0.3) is 5.95 Å². The highest BCUT2D eigenvalue weighted by Gasteiger charge is 2.10. The second-order valence-corrected chi connectivity index (χ2v) is 4.94. The molecule has 1 unspecified atom stereocenters. The molecule has 8 nitrogen and oxygen atoms in total. The van der Waals surface area contributed by atoms with Crippen LogP contribution in [-0.2, 0) is 0 Å². The van der Waals surface area contributed by atoms with E-state index in [1.165, 1.54) is 16.4 Å². The van der Waals surface area contributed by atoms with Crippen molar-refractivity contribution < 1.29 is 0 Å². The molecule has 108 valence electrons. The maximum absolute atomic E-state index is 4.37. The van der Waals surface area contributed by atoms with Gasteiger partial charge in [-0.2, -0.15) is 19.6 Å². The molecule has 20 heavy (non-hydrogen) atoms. The van der Waals surface area contributed by atoms with Crippen LogP contribution in [-0.4, -0.2) is 49.1 Å². The Morgan fingerprint density at radius 1 is 1.30 bits per heavy atom. The van der Waals surface area contributed by atoms with Gasteiger partial charge in [-0.3, -0.25) is 0 Å². The van der Waals surface area contributed by atoms with Crippen molar-refractivity contribution in [3.8, 4) is 5.95 Å². The van der Waals surface area contributed by atoms with E-state index in [9.17, 15) is 0 Å². The molecule has 0 amide bonds. The van der Waals surface area contributed by atoms with Gasteiger partial charge in [0.05, 0.1) is 0 Å². The number of rotatable bonds is 6. The first kappa shape index (κ1) is 14.5. The smallest absolute Gasteiger partial charge is 0.258 e. The van der Waals surface area contributed by atoms with Crippen molar-refractivity contribution >= 4 is 23.7 Å². The average Bonchev–Trinajstić information content (AvgIpc) is 2.95. The van der Waals surface area contributed by atoms with E-state index >= 15 is 0 Å². The SMILES string of the molecule is CCC(C)Nc1nc(NC)nc(-n2cnc(SC)n2)n1. The van der Waals surface area contributed by atoms with Crippen molar-refractivity contribution in [1.82, 2.24) is 29.7 Å². The fourth-order valence-electron chi connectivity index (χ4n) is 1.40. The lowest BCUT2D eigenvalue weighted by molar-refractivity contribution is 0.735. The van der Waals surface area contributed by atoms with Crippen LogP contribution in [0.2, 0.25) is 0 Å². The van der Waals surface area contributed by atoms with Gasteiger partial charge in [-0.25, -0.2) is 4.98 Å². The van der Waals surface area contributed by atoms with Crippen molar-refractivity contribution in [2.24, 2.45) is 0 Å². The van der Waals surface area contributed by atoms with Crippen molar-refractivity contribution in [3.63, 3.8) is 0 Å². The molecule has 2 heterocycles. The summed E-state index contributed by atoms with van der Waals surface area (Å²) in [5, 5.41) is 11.1. The first-order chi connectivity index (χ1) is 9.66. The highest BCUT2D eigenvalue weighted by atomic mass is 32.2. The van der Waals surface area contributed by atoms with Crippen LogP contribution in [0, 0.1) is 0 Å². The van der Waals surface area contributed by atoms with Gasteiger partial charge >= 0.3 is 0 Å². The van der Waals surface area contributed by atoms with Crippen molar-refractivity contribution in [1.29, 1.82) is 0 Å². The summed E-state index contributed by atoms with van der Waals surface area (Å²) in [6.07, 6.45) is 4.49. The van der Waals surface area contributed by atoms with E-state index in [0.29, 0.717) is 23.0 Å². The van der Waals surface area contributed by atoms with E-state index in [1.807, 2.05) is 6.26 Å². The third kappa shape index (κ3) is 3.35. The lowest BCUT2D eigenvalue weighted by Gasteiger charge is -2.12. The van der Waals surface area contributed by atoms with Crippen LogP contribution < -0.4 is 10.6 Å². The first-order valence-corrected chi connectivity index (χ1v) is 7.55. The Labute approximate surface area is 121 Å². The molecular formula is C11H18N8S. The summed E-state index contributed by atoms with van der Waals surface area (Å²) in [4.78, 5) is 17.1. The maximum Gasteiger partial charge on any atom is 0.258 e. The van der Waals surface area contributed by atoms with E-state index in [4.69, 9.17) is 0 Å². The molecule has 0 aromatic carbocycles.